The number of furan rings is 2. The highest BCUT2D eigenvalue weighted by molar-refractivity contribution is 6.02. The van der Waals surface area contributed by atoms with Crippen LogP contribution in [0.1, 0.15) is 58.0 Å². The lowest BCUT2D eigenvalue weighted by atomic mass is 9.99. The van der Waals surface area contributed by atoms with E-state index in [9.17, 15) is 18.8 Å². The summed E-state index contributed by atoms with van der Waals surface area (Å²) in [5.74, 6) is -0.777. The van der Waals surface area contributed by atoms with Crippen molar-refractivity contribution in [1.82, 2.24) is 19.8 Å². The topological polar surface area (TPSA) is 137 Å². The number of aryl methyl sites for hydroxylation is 1. The summed E-state index contributed by atoms with van der Waals surface area (Å²) in [7, 11) is 1.49. The second-order valence-corrected chi connectivity index (χ2v) is 10.5. The fourth-order valence-electron chi connectivity index (χ4n) is 5.12. The van der Waals surface area contributed by atoms with Crippen molar-refractivity contribution in [2.24, 2.45) is 11.7 Å². The zero-order valence-corrected chi connectivity index (χ0v) is 23.8. The number of amides is 2. The molecule has 0 saturated heterocycles. The van der Waals surface area contributed by atoms with E-state index in [1.54, 1.807) is 23.1 Å². The minimum Gasteiger partial charge on any atom is -0.454 e. The van der Waals surface area contributed by atoms with Gasteiger partial charge in [0.2, 0.25) is 5.58 Å². The van der Waals surface area contributed by atoms with E-state index in [0.29, 0.717) is 22.3 Å². The van der Waals surface area contributed by atoms with E-state index in [1.165, 1.54) is 35.9 Å². The monoisotopic (exact) mass is 573 g/mol. The molecule has 1 atom stereocenters. The molecule has 0 aliphatic heterocycles. The molecule has 5 rings (SSSR count). The van der Waals surface area contributed by atoms with Crippen molar-refractivity contribution in [3.05, 3.63) is 99.2 Å². The van der Waals surface area contributed by atoms with Crippen LogP contribution in [0.25, 0.3) is 22.1 Å². The van der Waals surface area contributed by atoms with Crippen molar-refractivity contribution in [2.45, 2.75) is 33.4 Å². The number of hydrogen-bond acceptors (Lipinski definition) is 7. The molecule has 218 valence electrons. The molecule has 11 heteroatoms. The van der Waals surface area contributed by atoms with Crippen molar-refractivity contribution in [1.29, 1.82) is 0 Å². The quantitative estimate of drug-likeness (QED) is 0.267. The molecule has 3 aromatic heterocycles. The molecular formula is C31H32FN5O5. The zero-order valence-electron chi connectivity index (χ0n) is 23.8. The number of nitrogens with zero attached hydrogens (tertiary/aromatic N) is 3. The third kappa shape index (κ3) is 5.30. The lowest BCUT2D eigenvalue weighted by Gasteiger charge is -2.35. The molecule has 10 nitrogen and oxygen atoms in total. The van der Waals surface area contributed by atoms with E-state index in [1.807, 2.05) is 32.9 Å². The maximum atomic E-state index is 14.3. The van der Waals surface area contributed by atoms with E-state index in [0.717, 1.165) is 5.56 Å². The second-order valence-electron chi connectivity index (χ2n) is 10.5. The molecule has 2 amide bonds. The van der Waals surface area contributed by atoms with Gasteiger partial charge in [0.25, 0.3) is 17.4 Å². The summed E-state index contributed by atoms with van der Waals surface area (Å²) in [6, 6.07) is 13.5. The van der Waals surface area contributed by atoms with E-state index in [-0.39, 0.29) is 54.1 Å². The summed E-state index contributed by atoms with van der Waals surface area (Å²) in [5.41, 5.74) is 7.36. The molecule has 0 aliphatic carbocycles. The summed E-state index contributed by atoms with van der Waals surface area (Å²) >= 11 is 0. The van der Waals surface area contributed by atoms with Crippen LogP contribution < -0.4 is 16.6 Å². The Morgan fingerprint density at radius 2 is 1.83 bits per heavy atom. The molecule has 1 unspecified atom stereocenters. The average Bonchev–Trinajstić information content (AvgIpc) is 3.59. The Labute approximate surface area is 240 Å². The Kier molecular flexibility index (Phi) is 7.95. The zero-order chi connectivity index (χ0) is 30.1. The van der Waals surface area contributed by atoms with Gasteiger partial charge in [-0.1, -0.05) is 31.5 Å². The van der Waals surface area contributed by atoms with Gasteiger partial charge >= 0.3 is 0 Å². The van der Waals surface area contributed by atoms with Gasteiger partial charge in [-0.2, -0.15) is 0 Å². The summed E-state index contributed by atoms with van der Waals surface area (Å²) in [6.45, 7) is 6.02. The van der Waals surface area contributed by atoms with Crippen LogP contribution in [0.5, 0.6) is 0 Å². The predicted molar refractivity (Wildman–Crippen MR) is 156 cm³/mol. The van der Waals surface area contributed by atoms with Crippen LogP contribution in [-0.4, -0.2) is 46.4 Å². The number of aromatic nitrogens is 2. The highest BCUT2D eigenvalue weighted by atomic mass is 19.1. The minimum atomic E-state index is -0.716. The Morgan fingerprint density at radius 3 is 2.50 bits per heavy atom. The highest BCUT2D eigenvalue weighted by Gasteiger charge is 2.33. The number of benzene rings is 2. The first-order valence-corrected chi connectivity index (χ1v) is 13.6. The summed E-state index contributed by atoms with van der Waals surface area (Å²) in [4.78, 5) is 46.6. The minimum absolute atomic E-state index is 0.0600. The maximum Gasteiger partial charge on any atom is 0.297 e. The van der Waals surface area contributed by atoms with Crippen LogP contribution in [0.3, 0.4) is 0 Å². The highest BCUT2D eigenvalue weighted by Crippen LogP contribution is 2.33. The second kappa shape index (κ2) is 11.6. The molecule has 0 bridgehead atoms. The fourth-order valence-corrected chi connectivity index (χ4v) is 5.12. The number of hydrogen-bond donors (Lipinski definition) is 2. The first kappa shape index (κ1) is 28.7. The third-order valence-corrected chi connectivity index (χ3v) is 7.15. The number of halogens is 1. The van der Waals surface area contributed by atoms with Gasteiger partial charge in [0.05, 0.1) is 12.6 Å². The van der Waals surface area contributed by atoms with Gasteiger partial charge in [-0.3, -0.25) is 19.0 Å². The van der Waals surface area contributed by atoms with Gasteiger partial charge in [-0.05, 0) is 55.3 Å². The van der Waals surface area contributed by atoms with Crippen molar-refractivity contribution in [2.75, 3.05) is 20.1 Å². The molecule has 0 saturated carbocycles. The largest absolute Gasteiger partial charge is 0.454 e. The van der Waals surface area contributed by atoms with Crippen LogP contribution in [0, 0.1) is 18.7 Å². The summed E-state index contributed by atoms with van der Waals surface area (Å²) in [6.07, 6.45) is 0. The van der Waals surface area contributed by atoms with Crippen LogP contribution in [-0.2, 0) is 6.54 Å². The molecule has 42 heavy (non-hydrogen) atoms. The van der Waals surface area contributed by atoms with Crippen LogP contribution >= 0.6 is 0 Å². The number of fused-ring (bicyclic) bond motifs is 3. The Hall–Kier alpha value is -4.77. The SMILES string of the molecule is CNC(=O)c1ccc(Cn2c(C(C(C)C)N(CCN)C(=O)c3ccc(C)cc3)nc3c(oc4ccc(F)cc43)c2=O)o1. The smallest absolute Gasteiger partial charge is 0.297 e. The first-order valence-electron chi connectivity index (χ1n) is 13.6. The van der Waals surface area contributed by atoms with E-state index in [2.05, 4.69) is 5.32 Å². The van der Waals surface area contributed by atoms with Crippen LogP contribution in [0.4, 0.5) is 4.39 Å². The number of nitrogens with one attached hydrogen (secondary N) is 1. The molecule has 5 aromatic rings. The number of rotatable bonds is 9. The number of carbonyl (C=O) groups is 2. The molecule has 0 radical (unpaired) electrons. The molecule has 2 aromatic carbocycles. The standard InChI is InChI=1S/C31H32FN5O5/c1-17(2)26(36(14-13-33)30(39)19-7-5-18(3)6-8-19)28-35-25-22-15-20(32)9-11-23(22)42-27(25)31(40)37(28)16-21-10-12-24(41-21)29(38)34-4/h5-12,15,17,26H,13-14,16,33H2,1-4H3,(H,34,38). The lowest BCUT2D eigenvalue weighted by Crippen LogP contribution is -2.43. The van der Waals surface area contributed by atoms with E-state index < -0.39 is 23.3 Å². The third-order valence-electron chi connectivity index (χ3n) is 7.15. The van der Waals surface area contributed by atoms with Gasteiger partial charge < -0.3 is 24.8 Å². The lowest BCUT2D eigenvalue weighted by molar-refractivity contribution is 0.0612. The van der Waals surface area contributed by atoms with Gasteiger partial charge in [0, 0.05) is 31.1 Å². The molecule has 0 aliphatic rings. The summed E-state index contributed by atoms with van der Waals surface area (Å²) in [5, 5.41) is 2.84. The predicted octanol–water partition coefficient (Wildman–Crippen LogP) is 4.39. The Bertz CT molecular complexity index is 1840. The van der Waals surface area contributed by atoms with Gasteiger partial charge in [0.1, 0.15) is 28.5 Å². The van der Waals surface area contributed by atoms with Crippen molar-refractivity contribution in [3.63, 3.8) is 0 Å². The van der Waals surface area contributed by atoms with Crippen LogP contribution in [0.2, 0.25) is 0 Å². The molecule has 0 spiro atoms. The molecule has 0 fully saturated rings. The molecular weight excluding hydrogens is 541 g/mol. The number of carbonyl (C=O) groups excluding carboxylic acids is 2. The van der Waals surface area contributed by atoms with E-state index >= 15 is 0 Å². The summed E-state index contributed by atoms with van der Waals surface area (Å²) < 4.78 is 27.2. The van der Waals surface area contributed by atoms with Gasteiger partial charge in [0.15, 0.2) is 5.76 Å². The van der Waals surface area contributed by atoms with E-state index in [4.69, 9.17) is 19.6 Å². The van der Waals surface area contributed by atoms with Crippen molar-refractivity contribution >= 4 is 33.9 Å². The van der Waals surface area contributed by atoms with Crippen LogP contribution in [0.15, 0.2) is 68.2 Å². The van der Waals surface area contributed by atoms with Crippen molar-refractivity contribution in [3.8, 4) is 0 Å². The molecule has 3 heterocycles. The molecule has 3 N–H and O–H groups in total. The Morgan fingerprint density at radius 1 is 1.10 bits per heavy atom. The normalized spacial score (nSPS) is 12.3. The van der Waals surface area contributed by atoms with Crippen molar-refractivity contribution < 1.29 is 22.8 Å². The van der Waals surface area contributed by atoms with Gasteiger partial charge in [-0.25, -0.2) is 9.37 Å². The first-order chi connectivity index (χ1) is 20.1. The van der Waals surface area contributed by atoms with Gasteiger partial charge in [-0.15, -0.1) is 0 Å². The Balaban J connectivity index is 1.74. The fraction of sp³-hybridized carbons (Fsp3) is 0.290. The maximum absolute atomic E-state index is 14.3. The number of nitrogens with two attached hydrogens (primary N) is 1. The average molecular weight is 574 g/mol.